The van der Waals surface area contributed by atoms with Gasteiger partial charge < -0.3 is 15.4 Å². The summed E-state index contributed by atoms with van der Waals surface area (Å²) in [5, 5.41) is 29.5. The third kappa shape index (κ3) is 3.52. The summed E-state index contributed by atoms with van der Waals surface area (Å²) in [6.07, 6.45) is -3.76. The first-order valence-electron chi connectivity index (χ1n) is 9.66. The Kier molecular flexibility index (Phi) is 5.88. The average molecular weight is 441 g/mol. The van der Waals surface area contributed by atoms with E-state index in [9.17, 15) is 33.8 Å². The van der Waals surface area contributed by atoms with Gasteiger partial charge in [-0.3, -0.25) is 0 Å². The van der Waals surface area contributed by atoms with E-state index in [4.69, 9.17) is 10.5 Å². The van der Waals surface area contributed by atoms with Gasteiger partial charge in [0.05, 0.1) is 41.6 Å². The molecule has 0 fully saturated rings. The minimum atomic E-state index is -4.61. The Morgan fingerprint density at radius 1 is 1.31 bits per heavy atom. The van der Waals surface area contributed by atoms with E-state index in [0.717, 1.165) is 12.1 Å². The van der Waals surface area contributed by atoms with Crippen molar-refractivity contribution in [1.29, 1.82) is 15.8 Å². The molecule has 0 radical (unpaired) electrons. The molecule has 2 atom stereocenters. The highest BCUT2D eigenvalue weighted by molar-refractivity contribution is 5.69. The van der Waals surface area contributed by atoms with E-state index in [1.807, 2.05) is 18.2 Å². The van der Waals surface area contributed by atoms with E-state index in [1.165, 1.54) is 23.1 Å². The van der Waals surface area contributed by atoms with Gasteiger partial charge >= 0.3 is 12.3 Å². The van der Waals surface area contributed by atoms with E-state index in [2.05, 4.69) is 0 Å². The number of nitrogens with two attached hydrogens (primary N) is 1. The molecular formula is C22H18F3N5O2. The van der Waals surface area contributed by atoms with Gasteiger partial charge in [0.2, 0.25) is 5.41 Å². The van der Waals surface area contributed by atoms with Crippen LogP contribution in [-0.4, -0.2) is 30.7 Å². The number of nitriles is 3. The molecule has 7 nitrogen and oxygen atoms in total. The van der Waals surface area contributed by atoms with Crippen molar-refractivity contribution in [2.24, 2.45) is 17.1 Å². The minimum Gasteiger partial charge on any atom is -0.450 e. The number of carbonyl (C=O) groups excluding carboxylic acids is 1. The van der Waals surface area contributed by atoms with Crippen LogP contribution < -0.4 is 5.73 Å². The molecule has 1 aliphatic heterocycles. The van der Waals surface area contributed by atoms with Crippen LogP contribution in [-0.2, 0) is 10.9 Å². The highest BCUT2D eigenvalue weighted by Crippen LogP contribution is 2.53. The SMILES string of the molecule is CCOC(=O)N1CC=C2C(C1)C(c1cccc(C(F)(F)F)c1)C(C#N)=C(N)C2(C#N)C#N. The number of benzene rings is 1. The van der Waals surface area contributed by atoms with Gasteiger partial charge in [-0.1, -0.05) is 24.3 Å². The van der Waals surface area contributed by atoms with Crippen LogP contribution in [0.2, 0.25) is 0 Å². The molecule has 2 N–H and O–H groups in total. The number of hydrogen-bond donors (Lipinski definition) is 1. The second kappa shape index (κ2) is 8.28. The van der Waals surface area contributed by atoms with Crippen molar-refractivity contribution in [2.75, 3.05) is 19.7 Å². The molecule has 10 heteroatoms. The Hall–Kier alpha value is -3.97. The van der Waals surface area contributed by atoms with E-state index in [0.29, 0.717) is 0 Å². The van der Waals surface area contributed by atoms with E-state index in [-0.39, 0.29) is 42.1 Å². The summed E-state index contributed by atoms with van der Waals surface area (Å²) in [6, 6.07) is 10.1. The summed E-state index contributed by atoms with van der Waals surface area (Å²) in [5.74, 6) is -1.81. The molecule has 3 rings (SSSR count). The predicted octanol–water partition coefficient (Wildman–Crippen LogP) is 3.59. The van der Waals surface area contributed by atoms with Gasteiger partial charge in [0.15, 0.2) is 0 Å². The van der Waals surface area contributed by atoms with Gasteiger partial charge in [-0.25, -0.2) is 4.79 Å². The Labute approximate surface area is 182 Å². The highest BCUT2D eigenvalue weighted by atomic mass is 19.4. The smallest absolute Gasteiger partial charge is 0.416 e. The molecule has 0 bridgehead atoms. The number of alkyl halides is 3. The van der Waals surface area contributed by atoms with Crippen molar-refractivity contribution in [2.45, 2.75) is 19.0 Å². The van der Waals surface area contributed by atoms with E-state index >= 15 is 0 Å². The minimum absolute atomic E-state index is 0.0280. The van der Waals surface area contributed by atoms with Gasteiger partial charge in [-0.15, -0.1) is 0 Å². The molecule has 1 aromatic rings. The van der Waals surface area contributed by atoms with Crippen molar-refractivity contribution < 1.29 is 22.7 Å². The zero-order valence-corrected chi connectivity index (χ0v) is 17.0. The van der Waals surface area contributed by atoms with Crippen LogP contribution in [0, 0.1) is 45.3 Å². The van der Waals surface area contributed by atoms with Crippen LogP contribution >= 0.6 is 0 Å². The van der Waals surface area contributed by atoms with E-state index < -0.39 is 35.1 Å². The summed E-state index contributed by atoms with van der Waals surface area (Å²) in [4.78, 5) is 13.6. The Bertz CT molecular complexity index is 1120. The van der Waals surface area contributed by atoms with Crippen molar-refractivity contribution in [3.63, 3.8) is 0 Å². The number of rotatable bonds is 2. The van der Waals surface area contributed by atoms with Crippen molar-refractivity contribution in [3.05, 3.63) is 58.3 Å². The number of fused-ring (bicyclic) bond motifs is 1. The maximum Gasteiger partial charge on any atom is 0.416 e. The standard InChI is InChI=1S/C22H18F3N5O2/c1-2-32-20(31)30-7-6-17-16(10-30)18(13-4-3-5-14(8-13)22(23,24)25)15(9-26)19(29)21(17,11-27)12-28/h3-6,8,16,18H,2,7,10,29H2,1H3. The molecular weight excluding hydrogens is 423 g/mol. The zero-order chi connectivity index (χ0) is 23.7. The fraction of sp³-hybridized carbons (Fsp3) is 0.364. The molecule has 1 aromatic carbocycles. The highest BCUT2D eigenvalue weighted by Gasteiger charge is 2.53. The van der Waals surface area contributed by atoms with Crippen LogP contribution in [0.1, 0.15) is 24.0 Å². The summed E-state index contributed by atoms with van der Waals surface area (Å²) in [7, 11) is 0. The number of amides is 1. The Balaban J connectivity index is 2.25. The Morgan fingerprint density at radius 3 is 2.56 bits per heavy atom. The number of allylic oxidation sites excluding steroid dienone is 2. The van der Waals surface area contributed by atoms with Gasteiger partial charge in [0.25, 0.3) is 0 Å². The third-order valence-corrected chi connectivity index (χ3v) is 5.74. The predicted molar refractivity (Wildman–Crippen MR) is 105 cm³/mol. The fourth-order valence-corrected chi connectivity index (χ4v) is 4.29. The van der Waals surface area contributed by atoms with E-state index in [1.54, 1.807) is 6.92 Å². The molecule has 1 aliphatic carbocycles. The molecule has 2 aliphatic rings. The first-order valence-corrected chi connectivity index (χ1v) is 9.66. The number of nitrogens with zero attached hydrogens (tertiary/aromatic N) is 4. The molecule has 1 heterocycles. The maximum atomic E-state index is 13.3. The molecule has 2 unspecified atom stereocenters. The summed E-state index contributed by atoms with van der Waals surface area (Å²) < 4.78 is 45.0. The molecule has 0 aromatic heterocycles. The summed E-state index contributed by atoms with van der Waals surface area (Å²) >= 11 is 0. The first kappa shape index (κ1) is 22.7. The lowest BCUT2D eigenvalue weighted by Gasteiger charge is -2.44. The largest absolute Gasteiger partial charge is 0.450 e. The topological polar surface area (TPSA) is 127 Å². The zero-order valence-electron chi connectivity index (χ0n) is 17.0. The second-order valence-electron chi connectivity index (χ2n) is 7.38. The fourth-order valence-electron chi connectivity index (χ4n) is 4.29. The van der Waals surface area contributed by atoms with Gasteiger partial charge in [-0.2, -0.15) is 29.0 Å². The second-order valence-corrected chi connectivity index (χ2v) is 7.38. The van der Waals surface area contributed by atoms with Crippen LogP contribution in [0.4, 0.5) is 18.0 Å². The molecule has 164 valence electrons. The molecule has 1 amide bonds. The molecule has 0 saturated heterocycles. The van der Waals surface area contributed by atoms with Gasteiger partial charge in [0.1, 0.15) is 0 Å². The normalized spacial score (nSPS) is 22.0. The summed E-state index contributed by atoms with van der Waals surface area (Å²) in [5.41, 5.74) is 3.21. The van der Waals surface area contributed by atoms with Gasteiger partial charge in [0, 0.05) is 24.9 Å². The molecule has 0 saturated carbocycles. The number of halogens is 3. The Morgan fingerprint density at radius 2 is 2.00 bits per heavy atom. The van der Waals surface area contributed by atoms with Crippen LogP contribution in [0.15, 0.2) is 47.2 Å². The lowest BCUT2D eigenvalue weighted by molar-refractivity contribution is -0.137. The average Bonchev–Trinajstić information content (AvgIpc) is 2.78. The number of carbonyl (C=O) groups is 1. The lowest BCUT2D eigenvalue weighted by atomic mass is 9.60. The molecule has 32 heavy (non-hydrogen) atoms. The lowest BCUT2D eigenvalue weighted by Crippen LogP contribution is -2.48. The van der Waals surface area contributed by atoms with Crippen LogP contribution in [0.5, 0.6) is 0 Å². The monoisotopic (exact) mass is 441 g/mol. The van der Waals surface area contributed by atoms with Crippen molar-refractivity contribution in [1.82, 2.24) is 4.90 Å². The maximum absolute atomic E-state index is 13.3. The van der Waals surface area contributed by atoms with Crippen LogP contribution in [0.25, 0.3) is 0 Å². The van der Waals surface area contributed by atoms with Crippen molar-refractivity contribution >= 4 is 6.09 Å². The summed E-state index contributed by atoms with van der Waals surface area (Å²) in [6.45, 7) is 1.71. The van der Waals surface area contributed by atoms with Gasteiger partial charge in [-0.05, 0) is 24.1 Å². The quantitative estimate of drug-likeness (QED) is 0.699. The van der Waals surface area contributed by atoms with Crippen molar-refractivity contribution in [3.8, 4) is 18.2 Å². The first-order chi connectivity index (χ1) is 15.1. The van der Waals surface area contributed by atoms with Crippen LogP contribution in [0.3, 0.4) is 0 Å². The third-order valence-electron chi connectivity index (χ3n) is 5.74. The molecule has 0 spiro atoms. The number of ether oxygens (including phenoxy) is 1. The number of hydrogen-bond acceptors (Lipinski definition) is 6.